The highest BCUT2D eigenvalue weighted by molar-refractivity contribution is 6.33. The summed E-state index contributed by atoms with van der Waals surface area (Å²) in [4.78, 5) is 42.4. The first-order valence-electron chi connectivity index (χ1n) is 8.43. The van der Waals surface area contributed by atoms with E-state index < -0.39 is 17.4 Å². The normalized spacial score (nSPS) is 10.4. The molecule has 1 amide bonds. The molecule has 0 fully saturated rings. The molecule has 0 atom stereocenters. The number of benzene rings is 2. The molecule has 0 aliphatic heterocycles. The molecule has 3 N–H and O–H groups in total. The van der Waals surface area contributed by atoms with Crippen molar-refractivity contribution < 1.29 is 19.4 Å². The summed E-state index contributed by atoms with van der Waals surface area (Å²) in [7, 11) is 1.57. The standard InChI is InChI=1S/C20H16ClN3O5/c1-29-13-5-2-11(3-6-13)8-17-23-16(10-18(25)24-17)19(26)22-12-4-7-15(21)14(9-12)20(27)28/h2-7,9-10H,8H2,1H3,(H,22,26)(H,27,28)(H,23,24,25). The SMILES string of the molecule is COc1ccc(Cc2nc(C(=O)Nc3ccc(Cl)c(C(=O)O)c3)cc(=O)[nH]2)cc1. The number of carboxylic acids is 1. The average Bonchev–Trinajstić information content (AvgIpc) is 2.69. The van der Waals surface area contributed by atoms with E-state index in [-0.39, 0.29) is 22.0 Å². The van der Waals surface area contributed by atoms with Crippen LogP contribution in [0.4, 0.5) is 5.69 Å². The Kier molecular flexibility index (Phi) is 5.94. The molecule has 0 saturated carbocycles. The fourth-order valence-electron chi connectivity index (χ4n) is 2.61. The molecule has 0 radical (unpaired) electrons. The van der Waals surface area contributed by atoms with Crippen molar-refractivity contribution in [3.63, 3.8) is 0 Å². The van der Waals surface area contributed by atoms with E-state index in [1.165, 1.54) is 18.2 Å². The van der Waals surface area contributed by atoms with Crippen molar-refractivity contribution in [1.29, 1.82) is 0 Å². The zero-order chi connectivity index (χ0) is 21.0. The first-order chi connectivity index (χ1) is 13.9. The van der Waals surface area contributed by atoms with Gasteiger partial charge in [0.2, 0.25) is 0 Å². The largest absolute Gasteiger partial charge is 0.497 e. The van der Waals surface area contributed by atoms with Crippen LogP contribution in [-0.2, 0) is 6.42 Å². The van der Waals surface area contributed by atoms with Crippen LogP contribution in [0.3, 0.4) is 0 Å². The Morgan fingerprint density at radius 1 is 1.17 bits per heavy atom. The summed E-state index contributed by atoms with van der Waals surface area (Å²) < 4.78 is 5.10. The molecular formula is C20H16ClN3O5. The monoisotopic (exact) mass is 413 g/mol. The Bertz CT molecular complexity index is 1130. The van der Waals surface area contributed by atoms with Crippen LogP contribution in [0.5, 0.6) is 5.75 Å². The quantitative estimate of drug-likeness (QED) is 0.571. The second-order valence-corrected chi connectivity index (χ2v) is 6.46. The van der Waals surface area contributed by atoms with Gasteiger partial charge in [0.1, 0.15) is 17.3 Å². The molecule has 3 aromatic rings. The van der Waals surface area contributed by atoms with E-state index in [9.17, 15) is 14.4 Å². The van der Waals surface area contributed by atoms with Gasteiger partial charge >= 0.3 is 5.97 Å². The lowest BCUT2D eigenvalue weighted by Gasteiger charge is -2.08. The van der Waals surface area contributed by atoms with Crippen molar-refractivity contribution in [3.05, 3.63) is 86.6 Å². The summed E-state index contributed by atoms with van der Waals surface area (Å²) in [6.45, 7) is 0. The van der Waals surface area contributed by atoms with Gasteiger partial charge in [0.15, 0.2) is 0 Å². The van der Waals surface area contributed by atoms with E-state index in [0.29, 0.717) is 18.0 Å². The highest BCUT2D eigenvalue weighted by atomic mass is 35.5. The van der Waals surface area contributed by atoms with Crippen LogP contribution >= 0.6 is 11.6 Å². The number of methoxy groups -OCH3 is 1. The minimum absolute atomic E-state index is 0.0477. The van der Waals surface area contributed by atoms with E-state index in [1.807, 2.05) is 12.1 Å². The van der Waals surface area contributed by atoms with Gasteiger partial charge in [0, 0.05) is 18.2 Å². The van der Waals surface area contributed by atoms with Gasteiger partial charge < -0.3 is 20.1 Å². The smallest absolute Gasteiger partial charge is 0.337 e. The van der Waals surface area contributed by atoms with Crippen molar-refractivity contribution >= 4 is 29.2 Å². The second-order valence-electron chi connectivity index (χ2n) is 6.06. The van der Waals surface area contributed by atoms with E-state index in [1.54, 1.807) is 19.2 Å². The van der Waals surface area contributed by atoms with Gasteiger partial charge in [-0.1, -0.05) is 23.7 Å². The van der Waals surface area contributed by atoms with Crippen molar-refractivity contribution in [2.45, 2.75) is 6.42 Å². The number of carbonyl (C=O) groups excluding carboxylic acids is 1. The molecule has 8 nitrogen and oxygen atoms in total. The third-order valence-corrected chi connectivity index (χ3v) is 4.34. The minimum Gasteiger partial charge on any atom is -0.497 e. The number of anilines is 1. The number of nitrogens with one attached hydrogen (secondary N) is 2. The van der Waals surface area contributed by atoms with Gasteiger partial charge in [-0.05, 0) is 35.9 Å². The number of aromatic nitrogens is 2. The molecule has 1 heterocycles. The number of ether oxygens (including phenoxy) is 1. The maximum atomic E-state index is 12.5. The van der Waals surface area contributed by atoms with Gasteiger partial charge in [-0.3, -0.25) is 9.59 Å². The predicted molar refractivity (Wildman–Crippen MR) is 107 cm³/mol. The average molecular weight is 414 g/mol. The molecule has 148 valence electrons. The zero-order valence-corrected chi connectivity index (χ0v) is 16.0. The first kappa shape index (κ1) is 20.1. The number of hydrogen-bond acceptors (Lipinski definition) is 5. The molecule has 0 aliphatic rings. The summed E-state index contributed by atoms with van der Waals surface area (Å²) in [5.74, 6) is -0.852. The number of aromatic amines is 1. The van der Waals surface area contributed by atoms with E-state index in [4.69, 9.17) is 21.4 Å². The number of carbonyl (C=O) groups is 2. The van der Waals surface area contributed by atoms with Gasteiger partial charge in [0.25, 0.3) is 11.5 Å². The lowest BCUT2D eigenvalue weighted by Crippen LogP contribution is -2.20. The highest BCUT2D eigenvalue weighted by Gasteiger charge is 2.14. The summed E-state index contributed by atoms with van der Waals surface area (Å²) in [6.07, 6.45) is 0.310. The maximum Gasteiger partial charge on any atom is 0.337 e. The summed E-state index contributed by atoms with van der Waals surface area (Å²) in [5, 5.41) is 11.7. The van der Waals surface area contributed by atoms with Crippen LogP contribution in [0.25, 0.3) is 0 Å². The van der Waals surface area contributed by atoms with Crippen molar-refractivity contribution in [3.8, 4) is 5.75 Å². The van der Waals surface area contributed by atoms with Crippen LogP contribution < -0.4 is 15.6 Å². The van der Waals surface area contributed by atoms with Crippen molar-refractivity contribution in [1.82, 2.24) is 9.97 Å². The molecule has 0 unspecified atom stereocenters. The summed E-state index contributed by atoms with van der Waals surface area (Å²) >= 11 is 5.82. The van der Waals surface area contributed by atoms with Crippen LogP contribution in [0.2, 0.25) is 5.02 Å². The van der Waals surface area contributed by atoms with E-state index in [2.05, 4.69) is 15.3 Å². The number of amides is 1. The molecule has 3 rings (SSSR count). The van der Waals surface area contributed by atoms with Gasteiger partial charge in [0.05, 0.1) is 17.7 Å². The summed E-state index contributed by atoms with van der Waals surface area (Å²) in [6, 6.07) is 12.3. The maximum absolute atomic E-state index is 12.5. The molecule has 2 aromatic carbocycles. The molecule has 29 heavy (non-hydrogen) atoms. The topological polar surface area (TPSA) is 121 Å². The molecule has 0 aliphatic carbocycles. The Morgan fingerprint density at radius 2 is 1.90 bits per heavy atom. The third-order valence-electron chi connectivity index (χ3n) is 4.01. The lowest BCUT2D eigenvalue weighted by molar-refractivity contribution is 0.0696. The molecule has 9 heteroatoms. The predicted octanol–water partition coefficient (Wildman–Crippen LogP) is 2.97. The Labute approximate surface area is 170 Å². The van der Waals surface area contributed by atoms with Crippen LogP contribution in [0.1, 0.15) is 32.2 Å². The molecule has 0 spiro atoms. The van der Waals surface area contributed by atoms with Crippen molar-refractivity contribution in [2.75, 3.05) is 12.4 Å². The van der Waals surface area contributed by atoms with Crippen molar-refractivity contribution in [2.24, 2.45) is 0 Å². The number of carboxylic acid groups (broad SMARTS) is 1. The molecular weight excluding hydrogens is 398 g/mol. The van der Waals surface area contributed by atoms with Crippen LogP contribution in [0, 0.1) is 0 Å². The van der Waals surface area contributed by atoms with Gasteiger partial charge in [-0.25, -0.2) is 9.78 Å². The van der Waals surface area contributed by atoms with Gasteiger partial charge in [-0.15, -0.1) is 0 Å². The second kappa shape index (κ2) is 8.57. The number of H-pyrrole nitrogens is 1. The fourth-order valence-corrected chi connectivity index (χ4v) is 2.81. The van der Waals surface area contributed by atoms with Gasteiger partial charge in [-0.2, -0.15) is 0 Å². The Balaban J connectivity index is 1.81. The number of nitrogens with zero attached hydrogens (tertiary/aromatic N) is 1. The third kappa shape index (κ3) is 4.99. The molecule has 0 bridgehead atoms. The number of rotatable bonds is 6. The lowest BCUT2D eigenvalue weighted by atomic mass is 10.1. The zero-order valence-electron chi connectivity index (χ0n) is 15.2. The van der Waals surface area contributed by atoms with E-state index in [0.717, 1.165) is 11.6 Å². The summed E-state index contributed by atoms with van der Waals surface area (Å²) in [5.41, 5.74) is 0.370. The highest BCUT2D eigenvalue weighted by Crippen LogP contribution is 2.21. The Morgan fingerprint density at radius 3 is 2.55 bits per heavy atom. The first-order valence-corrected chi connectivity index (χ1v) is 8.81. The molecule has 0 saturated heterocycles. The fraction of sp³-hybridized carbons (Fsp3) is 0.100. The number of hydrogen-bond donors (Lipinski definition) is 3. The van der Waals surface area contributed by atoms with E-state index >= 15 is 0 Å². The van der Waals surface area contributed by atoms with Crippen LogP contribution in [-0.4, -0.2) is 34.1 Å². The minimum atomic E-state index is -1.22. The Hall–Kier alpha value is -3.65. The number of aromatic carboxylic acids is 1. The molecule has 1 aromatic heterocycles. The van der Waals surface area contributed by atoms with Crippen LogP contribution in [0.15, 0.2) is 53.3 Å². The number of halogens is 1.